The smallest absolute Gasteiger partial charge is 0.137 e. The van der Waals surface area contributed by atoms with Gasteiger partial charge in [0.05, 0.1) is 5.69 Å². The van der Waals surface area contributed by atoms with Gasteiger partial charge in [0.15, 0.2) is 0 Å². The largest absolute Gasteiger partial charge is 0.306 e. The molecule has 2 heteroatoms. The van der Waals surface area contributed by atoms with Crippen LogP contribution in [0.5, 0.6) is 0 Å². The van der Waals surface area contributed by atoms with E-state index in [1.807, 2.05) is 12.1 Å². The molecule has 2 nitrogen and oxygen atoms in total. The summed E-state index contributed by atoms with van der Waals surface area (Å²) in [6, 6.07) is 66.8. The van der Waals surface area contributed by atoms with Gasteiger partial charge >= 0.3 is 0 Å². The predicted molar refractivity (Wildman–Crippen MR) is 231 cm³/mol. The van der Waals surface area contributed by atoms with E-state index in [2.05, 4.69) is 187 Å². The summed E-state index contributed by atoms with van der Waals surface area (Å²) in [5.41, 5.74) is 15.9. The summed E-state index contributed by atoms with van der Waals surface area (Å²) < 4.78 is 2.10. The Morgan fingerprint density at radius 1 is 0.345 bits per heavy atom. The molecule has 0 radical (unpaired) electrons. The molecule has 0 fully saturated rings. The first-order valence-electron chi connectivity index (χ1n) is 19.0. The molecule has 55 heavy (non-hydrogen) atoms. The van der Waals surface area contributed by atoms with Crippen molar-refractivity contribution in [1.82, 2.24) is 9.38 Å². The zero-order valence-corrected chi connectivity index (χ0v) is 29.9. The van der Waals surface area contributed by atoms with Crippen LogP contribution in [0, 0.1) is 0 Å². The second kappa shape index (κ2) is 11.6. The first kappa shape index (κ1) is 30.2. The van der Waals surface area contributed by atoms with E-state index in [0.29, 0.717) is 0 Å². The molecular weight excluding hydrogens is 665 g/mol. The van der Waals surface area contributed by atoms with Crippen LogP contribution < -0.4 is 0 Å². The Hall–Kier alpha value is -7.29. The van der Waals surface area contributed by atoms with Gasteiger partial charge in [-0.3, -0.25) is 0 Å². The number of hydrogen-bond donors (Lipinski definition) is 0. The highest BCUT2D eigenvalue weighted by Crippen LogP contribution is 2.58. The second-order valence-electron chi connectivity index (χ2n) is 14.7. The average Bonchev–Trinajstić information content (AvgIpc) is 3.83. The van der Waals surface area contributed by atoms with Gasteiger partial charge in [0.25, 0.3) is 0 Å². The highest BCUT2D eigenvalue weighted by Gasteiger charge is 2.31. The van der Waals surface area contributed by atoms with Gasteiger partial charge in [-0.2, -0.15) is 0 Å². The van der Waals surface area contributed by atoms with E-state index in [4.69, 9.17) is 4.98 Å². The van der Waals surface area contributed by atoms with Crippen LogP contribution in [0.4, 0.5) is 0 Å². The molecule has 1 aliphatic rings. The van der Waals surface area contributed by atoms with Crippen molar-refractivity contribution >= 4 is 48.7 Å². The standard InChI is InChI=1S/C53H32N2/c1-3-14-33(15-4-1)49-41-20-9-10-21-42(41)50(34-16-5-2-6-17-34)53-44-28-27-37(40-22-13-23-43(51(40)44)52(49)53)35-25-26-36-31-46(39-19-8-7-18-38(39)45(36)30-35)47-32-55-29-12-11-24-48(55)54-47/h1-32H. The van der Waals surface area contributed by atoms with Gasteiger partial charge in [-0.05, 0) is 123 Å². The maximum Gasteiger partial charge on any atom is 0.137 e. The molecule has 0 saturated heterocycles. The Morgan fingerprint density at radius 2 is 0.945 bits per heavy atom. The number of fused-ring (bicyclic) bond motifs is 8. The van der Waals surface area contributed by atoms with Crippen molar-refractivity contribution in [1.29, 1.82) is 0 Å². The quantitative estimate of drug-likeness (QED) is 0.167. The lowest BCUT2D eigenvalue weighted by atomic mass is 9.82. The molecule has 0 amide bonds. The van der Waals surface area contributed by atoms with Crippen molar-refractivity contribution in [2.24, 2.45) is 0 Å². The molecule has 0 unspecified atom stereocenters. The van der Waals surface area contributed by atoms with E-state index in [9.17, 15) is 0 Å². The topological polar surface area (TPSA) is 17.3 Å². The van der Waals surface area contributed by atoms with Gasteiger partial charge < -0.3 is 4.40 Å². The van der Waals surface area contributed by atoms with Gasteiger partial charge in [-0.1, -0.05) is 158 Å². The summed E-state index contributed by atoms with van der Waals surface area (Å²) in [5, 5.41) is 10.1. The molecule has 0 aliphatic heterocycles. The summed E-state index contributed by atoms with van der Waals surface area (Å²) in [4.78, 5) is 5.01. The minimum Gasteiger partial charge on any atom is -0.306 e. The van der Waals surface area contributed by atoms with E-state index in [1.54, 1.807) is 0 Å². The average molecular weight is 697 g/mol. The van der Waals surface area contributed by atoms with Crippen molar-refractivity contribution in [3.63, 3.8) is 0 Å². The van der Waals surface area contributed by atoms with Crippen molar-refractivity contribution in [2.45, 2.75) is 0 Å². The molecule has 9 aromatic carbocycles. The summed E-state index contributed by atoms with van der Waals surface area (Å²) in [7, 11) is 0. The normalized spacial score (nSPS) is 12.0. The minimum absolute atomic E-state index is 0.950. The molecule has 0 bridgehead atoms. The number of pyridine rings is 1. The third-order valence-electron chi connectivity index (χ3n) is 11.7. The molecule has 0 N–H and O–H groups in total. The van der Waals surface area contributed by atoms with Gasteiger partial charge in [-0.25, -0.2) is 4.98 Å². The zero-order chi connectivity index (χ0) is 36.0. The highest BCUT2D eigenvalue weighted by molar-refractivity contribution is 6.29. The molecule has 12 rings (SSSR count). The Kier molecular flexibility index (Phi) is 6.37. The highest BCUT2D eigenvalue weighted by atomic mass is 15.0. The second-order valence-corrected chi connectivity index (χ2v) is 14.7. The van der Waals surface area contributed by atoms with E-state index in [0.717, 1.165) is 16.9 Å². The molecule has 0 saturated carbocycles. The van der Waals surface area contributed by atoms with Crippen LogP contribution in [0.1, 0.15) is 0 Å². The Balaban J connectivity index is 1.11. The van der Waals surface area contributed by atoms with Crippen LogP contribution in [-0.2, 0) is 0 Å². The van der Waals surface area contributed by atoms with Gasteiger partial charge in [0, 0.05) is 18.0 Å². The number of aromatic nitrogens is 2. The summed E-state index contributed by atoms with van der Waals surface area (Å²) in [5.74, 6) is 0. The molecule has 254 valence electrons. The third kappa shape index (κ3) is 4.40. The molecule has 2 heterocycles. The number of nitrogens with zero attached hydrogens (tertiary/aromatic N) is 2. The van der Waals surface area contributed by atoms with Gasteiger partial charge in [-0.15, -0.1) is 0 Å². The van der Waals surface area contributed by atoms with Gasteiger partial charge in [0.2, 0.25) is 0 Å². The number of rotatable bonds is 4. The maximum atomic E-state index is 5.01. The van der Waals surface area contributed by atoms with Crippen LogP contribution in [0.2, 0.25) is 0 Å². The van der Waals surface area contributed by atoms with E-state index >= 15 is 0 Å². The maximum absolute atomic E-state index is 5.01. The fourth-order valence-corrected chi connectivity index (χ4v) is 9.41. The molecule has 1 aliphatic carbocycles. The van der Waals surface area contributed by atoms with Crippen molar-refractivity contribution in [3.05, 3.63) is 194 Å². The number of benzene rings is 9. The first-order chi connectivity index (χ1) is 27.3. The molecule has 11 aromatic rings. The predicted octanol–water partition coefficient (Wildman–Crippen LogP) is 14.3. The number of imidazole rings is 1. The van der Waals surface area contributed by atoms with E-state index in [1.165, 1.54) is 98.7 Å². The fourth-order valence-electron chi connectivity index (χ4n) is 9.41. The summed E-state index contributed by atoms with van der Waals surface area (Å²) >= 11 is 0. The lowest BCUT2D eigenvalue weighted by Gasteiger charge is -2.20. The Bertz CT molecular complexity index is 3230. The van der Waals surface area contributed by atoms with Crippen molar-refractivity contribution in [3.8, 4) is 66.9 Å². The summed E-state index contributed by atoms with van der Waals surface area (Å²) in [6.07, 6.45) is 4.20. The Morgan fingerprint density at radius 3 is 1.65 bits per heavy atom. The SMILES string of the molecule is c1ccc(-c2c3c(c(-c4ccccc4)c4ccccc24)-c2ccc(-c4ccc5cc(-c6cn7ccccc7n6)c6ccccc6c5c4)c4cccc-3c24)cc1. The summed E-state index contributed by atoms with van der Waals surface area (Å²) in [6.45, 7) is 0. The van der Waals surface area contributed by atoms with Crippen molar-refractivity contribution < 1.29 is 0 Å². The monoisotopic (exact) mass is 696 g/mol. The van der Waals surface area contributed by atoms with Crippen LogP contribution >= 0.6 is 0 Å². The minimum atomic E-state index is 0.950. The van der Waals surface area contributed by atoms with Gasteiger partial charge in [0.1, 0.15) is 5.65 Å². The van der Waals surface area contributed by atoms with E-state index < -0.39 is 0 Å². The zero-order valence-electron chi connectivity index (χ0n) is 29.9. The molecular formula is C53H32N2. The van der Waals surface area contributed by atoms with Crippen molar-refractivity contribution in [2.75, 3.05) is 0 Å². The first-order valence-corrected chi connectivity index (χ1v) is 19.0. The number of hydrogen-bond acceptors (Lipinski definition) is 1. The molecule has 0 atom stereocenters. The fraction of sp³-hybridized carbons (Fsp3) is 0. The van der Waals surface area contributed by atoms with Crippen LogP contribution in [-0.4, -0.2) is 9.38 Å². The third-order valence-corrected chi connectivity index (χ3v) is 11.7. The lowest BCUT2D eigenvalue weighted by molar-refractivity contribution is 1.19. The van der Waals surface area contributed by atoms with E-state index in [-0.39, 0.29) is 0 Å². The van der Waals surface area contributed by atoms with Crippen LogP contribution in [0.3, 0.4) is 0 Å². The molecule has 2 aromatic heterocycles. The lowest BCUT2D eigenvalue weighted by Crippen LogP contribution is -1.93. The Labute approximate surface area is 318 Å². The van der Waals surface area contributed by atoms with Crippen LogP contribution in [0.25, 0.3) is 116 Å². The molecule has 0 spiro atoms. The van der Waals surface area contributed by atoms with Crippen LogP contribution in [0.15, 0.2) is 194 Å².